The van der Waals surface area contributed by atoms with Crippen molar-refractivity contribution in [2.45, 2.75) is 38.1 Å². The number of rotatable bonds is 9. The van der Waals surface area contributed by atoms with Gasteiger partial charge in [-0.3, -0.25) is 9.36 Å². The summed E-state index contributed by atoms with van der Waals surface area (Å²) in [5.74, 6) is 1.31. The lowest BCUT2D eigenvalue weighted by molar-refractivity contribution is -0.136. The molecule has 1 aliphatic rings. The number of ether oxygens (including phenoxy) is 3. The molecule has 3 aromatic rings. The van der Waals surface area contributed by atoms with Gasteiger partial charge in [0.2, 0.25) is 0 Å². The van der Waals surface area contributed by atoms with Crippen LogP contribution >= 0.6 is 23.1 Å². The van der Waals surface area contributed by atoms with Crippen LogP contribution in [0.3, 0.4) is 0 Å². The molecule has 0 fully saturated rings. The molecule has 2 heterocycles. The summed E-state index contributed by atoms with van der Waals surface area (Å²) in [5.41, 5.74) is 2.28. The maximum atomic E-state index is 13.8. The molecule has 1 atom stereocenters. The maximum absolute atomic E-state index is 13.8. The number of fused-ring (bicyclic) bond motifs is 1. The van der Waals surface area contributed by atoms with Crippen LogP contribution in [-0.2, 0) is 9.53 Å². The van der Waals surface area contributed by atoms with E-state index >= 15 is 0 Å². The van der Waals surface area contributed by atoms with Crippen LogP contribution in [0.25, 0.3) is 6.08 Å². The van der Waals surface area contributed by atoms with E-state index in [1.54, 1.807) is 30.4 Å². The van der Waals surface area contributed by atoms with Crippen molar-refractivity contribution >= 4 is 35.1 Å². The number of benzene rings is 2. The summed E-state index contributed by atoms with van der Waals surface area (Å²) in [6, 6.07) is 12.8. The monoisotopic (exact) mass is 552 g/mol. The first kappa shape index (κ1) is 27.7. The zero-order chi connectivity index (χ0) is 27.4. The quantitative estimate of drug-likeness (QED) is 0.286. The molecule has 1 aromatic heterocycles. The Morgan fingerprint density at radius 3 is 2.53 bits per heavy atom. The van der Waals surface area contributed by atoms with E-state index in [9.17, 15) is 9.59 Å². The molecule has 7 nitrogen and oxygen atoms in total. The Hall–Kier alpha value is -3.30. The van der Waals surface area contributed by atoms with E-state index in [0.29, 0.717) is 44.6 Å². The number of carbonyl (C=O) groups excluding carboxylic acids is 1. The first-order chi connectivity index (χ1) is 18.3. The van der Waals surface area contributed by atoms with Crippen LogP contribution in [0.15, 0.2) is 68.4 Å². The first-order valence-electron chi connectivity index (χ1n) is 12.3. The highest BCUT2D eigenvalue weighted by atomic mass is 32.2. The van der Waals surface area contributed by atoms with Crippen molar-refractivity contribution < 1.29 is 19.0 Å². The predicted molar refractivity (Wildman–Crippen MR) is 152 cm³/mol. The topological polar surface area (TPSA) is 79.1 Å². The Morgan fingerprint density at radius 2 is 1.89 bits per heavy atom. The lowest BCUT2D eigenvalue weighted by Crippen LogP contribution is -2.39. The molecule has 0 saturated carbocycles. The number of hydrogen-bond donors (Lipinski definition) is 0. The third-order valence-electron chi connectivity index (χ3n) is 6.30. The van der Waals surface area contributed by atoms with Crippen molar-refractivity contribution in [1.82, 2.24) is 4.57 Å². The Kier molecular flexibility index (Phi) is 8.79. The van der Waals surface area contributed by atoms with Crippen LogP contribution in [0.2, 0.25) is 0 Å². The highest BCUT2D eigenvalue weighted by Gasteiger charge is 2.33. The molecule has 0 saturated heterocycles. The molecular weight excluding hydrogens is 520 g/mol. The third-order valence-corrected chi connectivity index (χ3v) is 8.02. The van der Waals surface area contributed by atoms with E-state index < -0.39 is 12.0 Å². The van der Waals surface area contributed by atoms with E-state index in [-0.39, 0.29) is 5.56 Å². The molecular formula is C29H32N2O5S2. The maximum Gasteiger partial charge on any atom is 0.338 e. The van der Waals surface area contributed by atoms with E-state index in [0.717, 1.165) is 22.4 Å². The van der Waals surface area contributed by atoms with Crippen molar-refractivity contribution in [3.8, 4) is 11.5 Å². The van der Waals surface area contributed by atoms with Crippen molar-refractivity contribution in [1.29, 1.82) is 0 Å². The second-order valence-electron chi connectivity index (χ2n) is 9.29. The van der Waals surface area contributed by atoms with Crippen LogP contribution in [0.5, 0.6) is 11.5 Å². The average molecular weight is 553 g/mol. The SMILES string of the molecule is COC(=O)C1=C(C)N=c2sc(=Cc3ccc(OCCC(C)C)c(OC)c3)c(=O)n2C1c1ccc(SC)cc1. The molecule has 0 aliphatic carbocycles. The number of methoxy groups -OCH3 is 2. The first-order valence-corrected chi connectivity index (χ1v) is 14.4. The summed E-state index contributed by atoms with van der Waals surface area (Å²) in [7, 11) is 2.94. The highest BCUT2D eigenvalue weighted by molar-refractivity contribution is 7.98. The number of hydrogen-bond acceptors (Lipinski definition) is 8. The van der Waals surface area contributed by atoms with Gasteiger partial charge in [-0.2, -0.15) is 0 Å². The normalized spacial score (nSPS) is 15.3. The lowest BCUT2D eigenvalue weighted by Gasteiger charge is -2.24. The van der Waals surface area contributed by atoms with Crippen molar-refractivity contribution in [2.24, 2.45) is 10.9 Å². The molecule has 200 valence electrons. The van der Waals surface area contributed by atoms with E-state index in [1.165, 1.54) is 18.4 Å². The van der Waals surface area contributed by atoms with Gasteiger partial charge in [0.1, 0.15) is 0 Å². The van der Waals surface area contributed by atoms with Gasteiger partial charge in [-0.1, -0.05) is 43.4 Å². The van der Waals surface area contributed by atoms with Crippen LogP contribution in [-0.4, -0.2) is 37.6 Å². The molecule has 38 heavy (non-hydrogen) atoms. The second-order valence-corrected chi connectivity index (χ2v) is 11.2. The summed E-state index contributed by atoms with van der Waals surface area (Å²) in [4.78, 5) is 32.8. The molecule has 2 aromatic carbocycles. The molecule has 0 amide bonds. The van der Waals surface area contributed by atoms with Crippen LogP contribution in [0, 0.1) is 5.92 Å². The summed E-state index contributed by atoms with van der Waals surface area (Å²) in [5, 5.41) is 0. The predicted octanol–water partition coefficient (Wildman–Crippen LogP) is 4.56. The largest absolute Gasteiger partial charge is 0.493 e. The molecule has 0 bridgehead atoms. The number of nitrogens with zero attached hydrogens (tertiary/aromatic N) is 2. The fourth-order valence-corrected chi connectivity index (χ4v) is 5.70. The third kappa shape index (κ3) is 5.73. The zero-order valence-corrected chi connectivity index (χ0v) is 24.1. The molecule has 9 heteroatoms. The number of aromatic nitrogens is 1. The van der Waals surface area contributed by atoms with E-state index in [2.05, 4.69) is 18.8 Å². The summed E-state index contributed by atoms with van der Waals surface area (Å²) in [6.45, 7) is 6.68. The molecule has 1 unspecified atom stereocenters. The number of thioether (sulfide) groups is 1. The Bertz CT molecular complexity index is 1530. The lowest BCUT2D eigenvalue weighted by atomic mass is 9.96. The van der Waals surface area contributed by atoms with Crippen LogP contribution in [0.1, 0.15) is 44.4 Å². The number of allylic oxidation sites excluding steroid dienone is 1. The van der Waals surface area contributed by atoms with Gasteiger partial charge in [-0.05, 0) is 67.0 Å². The van der Waals surface area contributed by atoms with Gasteiger partial charge in [0.05, 0.1) is 42.7 Å². The van der Waals surface area contributed by atoms with Gasteiger partial charge in [-0.15, -0.1) is 11.8 Å². The average Bonchev–Trinajstić information content (AvgIpc) is 3.21. The summed E-state index contributed by atoms with van der Waals surface area (Å²) >= 11 is 2.92. The number of thiazole rings is 1. The van der Waals surface area contributed by atoms with E-state index in [1.807, 2.05) is 54.8 Å². The van der Waals surface area contributed by atoms with Gasteiger partial charge < -0.3 is 14.2 Å². The minimum absolute atomic E-state index is 0.224. The Labute approximate surface area is 230 Å². The van der Waals surface area contributed by atoms with Gasteiger partial charge in [-0.25, -0.2) is 9.79 Å². The van der Waals surface area contributed by atoms with Crippen LogP contribution < -0.4 is 24.4 Å². The Balaban J connectivity index is 1.80. The Morgan fingerprint density at radius 1 is 1.16 bits per heavy atom. The summed E-state index contributed by atoms with van der Waals surface area (Å²) < 4.78 is 18.6. The van der Waals surface area contributed by atoms with Crippen molar-refractivity contribution in [3.63, 3.8) is 0 Å². The van der Waals surface area contributed by atoms with Gasteiger partial charge in [0, 0.05) is 4.90 Å². The van der Waals surface area contributed by atoms with Crippen LogP contribution in [0.4, 0.5) is 0 Å². The molecule has 0 spiro atoms. The minimum atomic E-state index is -0.636. The molecule has 0 radical (unpaired) electrons. The number of carbonyl (C=O) groups is 1. The zero-order valence-electron chi connectivity index (χ0n) is 22.4. The molecule has 0 N–H and O–H groups in total. The van der Waals surface area contributed by atoms with Gasteiger partial charge in [0.15, 0.2) is 16.3 Å². The fourth-order valence-electron chi connectivity index (χ4n) is 4.24. The fraction of sp³-hybridized carbons (Fsp3) is 0.345. The van der Waals surface area contributed by atoms with Crippen molar-refractivity contribution in [3.05, 3.63) is 84.5 Å². The molecule has 4 rings (SSSR count). The van der Waals surface area contributed by atoms with Gasteiger partial charge >= 0.3 is 5.97 Å². The second kappa shape index (κ2) is 12.0. The van der Waals surface area contributed by atoms with Crippen molar-refractivity contribution in [2.75, 3.05) is 27.1 Å². The van der Waals surface area contributed by atoms with E-state index in [4.69, 9.17) is 14.2 Å². The summed E-state index contributed by atoms with van der Waals surface area (Å²) in [6.07, 6.45) is 4.76. The highest BCUT2D eigenvalue weighted by Crippen LogP contribution is 2.32. The number of esters is 1. The smallest absolute Gasteiger partial charge is 0.338 e. The minimum Gasteiger partial charge on any atom is -0.493 e. The molecule has 1 aliphatic heterocycles. The van der Waals surface area contributed by atoms with Gasteiger partial charge in [0.25, 0.3) is 5.56 Å². The standard InChI is InChI=1S/C29H32N2O5S2/c1-17(2)13-14-36-22-12-7-19(15-23(22)34-4)16-24-27(32)31-26(20-8-10-21(37-6)11-9-20)25(28(33)35-5)18(3)30-29(31)38-24/h7-12,15-17,26H,13-14H2,1-6H3.